The first kappa shape index (κ1) is 17.0. The quantitative estimate of drug-likeness (QED) is 0.682. The lowest BCUT2D eigenvalue weighted by Crippen LogP contribution is -2.40. The van der Waals surface area contributed by atoms with Gasteiger partial charge in [-0.2, -0.15) is 17.0 Å². The third-order valence-corrected chi connectivity index (χ3v) is 4.86. The van der Waals surface area contributed by atoms with Crippen molar-refractivity contribution in [2.75, 3.05) is 33.7 Å². The number of nitrogens with one attached hydrogen (secondary N) is 1. The molecule has 0 aliphatic carbocycles. The zero-order valence-corrected chi connectivity index (χ0v) is 13.2. The fourth-order valence-corrected chi connectivity index (χ4v) is 2.89. The molecule has 0 saturated carbocycles. The van der Waals surface area contributed by atoms with Crippen molar-refractivity contribution in [3.63, 3.8) is 0 Å². The van der Waals surface area contributed by atoms with E-state index in [1.807, 2.05) is 25.1 Å². The van der Waals surface area contributed by atoms with E-state index in [-0.39, 0.29) is 6.54 Å². The average molecular weight is 300 g/mol. The maximum atomic E-state index is 12.3. The molecule has 20 heavy (non-hydrogen) atoms. The Kier molecular flexibility index (Phi) is 7.08. The maximum absolute atomic E-state index is 12.3. The topological polar surface area (TPSA) is 65.5 Å². The molecule has 1 aromatic heterocycles. The van der Waals surface area contributed by atoms with Crippen LogP contribution in [0.1, 0.15) is 19.0 Å². The Morgan fingerprint density at radius 3 is 2.60 bits per heavy atom. The number of pyridine rings is 1. The van der Waals surface area contributed by atoms with Gasteiger partial charge in [-0.1, -0.05) is 13.0 Å². The SMILES string of the molecule is CCNCCCN(C)S(=O)(=O)N(C)Cc1ccccn1. The first-order valence-electron chi connectivity index (χ1n) is 6.76. The third-order valence-electron chi connectivity index (χ3n) is 2.98. The summed E-state index contributed by atoms with van der Waals surface area (Å²) in [5.74, 6) is 0. The molecule has 7 heteroatoms. The van der Waals surface area contributed by atoms with Gasteiger partial charge in [0.25, 0.3) is 10.2 Å². The fraction of sp³-hybridized carbons (Fsp3) is 0.615. The van der Waals surface area contributed by atoms with Crippen LogP contribution in [0.5, 0.6) is 0 Å². The molecule has 1 aromatic rings. The lowest BCUT2D eigenvalue weighted by Gasteiger charge is -2.24. The molecule has 0 aliphatic heterocycles. The molecule has 0 aliphatic rings. The first-order chi connectivity index (χ1) is 9.48. The van der Waals surface area contributed by atoms with Crippen LogP contribution >= 0.6 is 0 Å². The van der Waals surface area contributed by atoms with Crippen LogP contribution in [0.2, 0.25) is 0 Å². The van der Waals surface area contributed by atoms with Gasteiger partial charge in [-0.3, -0.25) is 4.98 Å². The number of nitrogens with zero attached hydrogens (tertiary/aromatic N) is 3. The molecular formula is C13H24N4O2S. The van der Waals surface area contributed by atoms with Crippen LogP contribution in [0.4, 0.5) is 0 Å². The largest absolute Gasteiger partial charge is 0.317 e. The second-order valence-electron chi connectivity index (χ2n) is 4.61. The molecule has 0 spiro atoms. The Morgan fingerprint density at radius 2 is 2.00 bits per heavy atom. The maximum Gasteiger partial charge on any atom is 0.281 e. The van der Waals surface area contributed by atoms with E-state index in [2.05, 4.69) is 10.3 Å². The van der Waals surface area contributed by atoms with E-state index in [0.29, 0.717) is 6.54 Å². The van der Waals surface area contributed by atoms with Crippen molar-refractivity contribution in [1.29, 1.82) is 0 Å². The van der Waals surface area contributed by atoms with E-state index in [4.69, 9.17) is 0 Å². The number of hydrogen-bond acceptors (Lipinski definition) is 4. The summed E-state index contributed by atoms with van der Waals surface area (Å²) in [5, 5.41) is 3.18. The van der Waals surface area contributed by atoms with Gasteiger partial charge in [-0.05, 0) is 31.6 Å². The van der Waals surface area contributed by atoms with Crippen LogP contribution in [0.15, 0.2) is 24.4 Å². The molecule has 0 atom stereocenters. The average Bonchev–Trinajstić information content (AvgIpc) is 2.44. The van der Waals surface area contributed by atoms with E-state index in [0.717, 1.165) is 25.2 Å². The monoisotopic (exact) mass is 300 g/mol. The Labute approximate surface area is 122 Å². The second kappa shape index (κ2) is 8.31. The van der Waals surface area contributed by atoms with Crippen LogP contribution < -0.4 is 5.32 Å². The van der Waals surface area contributed by atoms with Gasteiger partial charge < -0.3 is 5.32 Å². The van der Waals surface area contributed by atoms with E-state index < -0.39 is 10.2 Å². The molecule has 1 N–H and O–H groups in total. The summed E-state index contributed by atoms with van der Waals surface area (Å²) in [4.78, 5) is 4.14. The van der Waals surface area contributed by atoms with Crippen molar-refractivity contribution >= 4 is 10.2 Å². The summed E-state index contributed by atoms with van der Waals surface area (Å²) < 4.78 is 27.3. The highest BCUT2D eigenvalue weighted by atomic mass is 32.2. The van der Waals surface area contributed by atoms with E-state index >= 15 is 0 Å². The fourth-order valence-electron chi connectivity index (χ4n) is 1.76. The molecule has 0 unspecified atom stereocenters. The van der Waals surface area contributed by atoms with Gasteiger partial charge in [-0.15, -0.1) is 0 Å². The highest BCUT2D eigenvalue weighted by Gasteiger charge is 2.23. The van der Waals surface area contributed by atoms with Crippen molar-refractivity contribution in [2.24, 2.45) is 0 Å². The lowest BCUT2D eigenvalue weighted by molar-refractivity contribution is 0.382. The van der Waals surface area contributed by atoms with Crippen molar-refractivity contribution in [2.45, 2.75) is 19.9 Å². The Balaban J connectivity index is 2.53. The predicted octanol–water partition coefficient (Wildman–Crippen LogP) is 0.690. The first-order valence-corrected chi connectivity index (χ1v) is 8.16. The summed E-state index contributed by atoms with van der Waals surface area (Å²) in [5.41, 5.74) is 0.736. The zero-order valence-electron chi connectivity index (χ0n) is 12.4. The third kappa shape index (κ3) is 5.16. The van der Waals surface area contributed by atoms with Gasteiger partial charge in [0.1, 0.15) is 0 Å². The van der Waals surface area contributed by atoms with E-state index in [1.54, 1.807) is 20.3 Å². The molecule has 114 valence electrons. The molecule has 1 rings (SSSR count). The Bertz CT molecular complexity index is 478. The van der Waals surface area contributed by atoms with Crippen molar-refractivity contribution in [3.05, 3.63) is 30.1 Å². The zero-order chi connectivity index (χ0) is 15.0. The smallest absolute Gasteiger partial charge is 0.281 e. The van der Waals surface area contributed by atoms with Crippen molar-refractivity contribution in [1.82, 2.24) is 18.9 Å². The summed E-state index contributed by atoms with van der Waals surface area (Å²) >= 11 is 0. The van der Waals surface area contributed by atoms with Gasteiger partial charge in [0.2, 0.25) is 0 Å². The molecule has 0 bridgehead atoms. The van der Waals surface area contributed by atoms with Crippen LogP contribution in [0.3, 0.4) is 0 Å². The highest BCUT2D eigenvalue weighted by Crippen LogP contribution is 2.08. The lowest BCUT2D eigenvalue weighted by atomic mass is 10.3. The van der Waals surface area contributed by atoms with Crippen molar-refractivity contribution in [3.8, 4) is 0 Å². The second-order valence-corrected chi connectivity index (χ2v) is 6.76. The molecule has 0 radical (unpaired) electrons. The summed E-state index contributed by atoms with van der Waals surface area (Å²) in [6.45, 7) is 4.53. The summed E-state index contributed by atoms with van der Waals surface area (Å²) in [7, 11) is -0.244. The normalized spacial score (nSPS) is 12.2. The van der Waals surface area contributed by atoms with Gasteiger partial charge in [0.05, 0.1) is 12.2 Å². The molecule has 0 amide bonds. The number of rotatable bonds is 9. The summed E-state index contributed by atoms with van der Waals surface area (Å²) in [6.07, 6.45) is 2.46. The minimum atomic E-state index is -3.43. The minimum Gasteiger partial charge on any atom is -0.317 e. The van der Waals surface area contributed by atoms with Crippen LogP contribution in [0, 0.1) is 0 Å². The van der Waals surface area contributed by atoms with Crippen LogP contribution in [-0.2, 0) is 16.8 Å². The Morgan fingerprint density at radius 1 is 1.25 bits per heavy atom. The molecule has 0 saturated heterocycles. The highest BCUT2D eigenvalue weighted by molar-refractivity contribution is 7.86. The Hall–Kier alpha value is -1.02. The standard InChI is InChI=1S/C13H24N4O2S/c1-4-14-9-7-11-16(2)20(18,19)17(3)12-13-8-5-6-10-15-13/h5-6,8,10,14H,4,7,9,11-12H2,1-3H3. The minimum absolute atomic E-state index is 0.278. The predicted molar refractivity (Wildman–Crippen MR) is 80.4 cm³/mol. The van der Waals surface area contributed by atoms with Gasteiger partial charge in [0.15, 0.2) is 0 Å². The van der Waals surface area contributed by atoms with Gasteiger partial charge in [-0.25, -0.2) is 0 Å². The molecule has 0 aromatic carbocycles. The van der Waals surface area contributed by atoms with E-state index in [9.17, 15) is 8.42 Å². The molecule has 1 heterocycles. The number of hydrogen-bond donors (Lipinski definition) is 1. The molecular weight excluding hydrogens is 276 g/mol. The molecule has 6 nitrogen and oxygen atoms in total. The summed E-state index contributed by atoms with van der Waals surface area (Å²) in [6, 6.07) is 5.48. The number of aromatic nitrogens is 1. The van der Waals surface area contributed by atoms with Gasteiger partial charge in [0, 0.05) is 26.8 Å². The van der Waals surface area contributed by atoms with Crippen molar-refractivity contribution < 1.29 is 8.42 Å². The van der Waals surface area contributed by atoms with Crippen LogP contribution in [0.25, 0.3) is 0 Å². The van der Waals surface area contributed by atoms with Crippen LogP contribution in [-0.4, -0.2) is 55.7 Å². The van der Waals surface area contributed by atoms with E-state index in [1.165, 1.54) is 8.61 Å². The molecule has 0 fully saturated rings. The van der Waals surface area contributed by atoms with Gasteiger partial charge >= 0.3 is 0 Å².